The smallest absolute Gasteiger partial charge is 0.397 e. The summed E-state index contributed by atoms with van der Waals surface area (Å²) in [5.74, 6) is -0.784. The Morgan fingerprint density at radius 3 is 2.52 bits per heavy atom. The van der Waals surface area contributed by atoms with Crippen LogP contribution in [0.5, 0.6) is 0 Å². The summed E-state index contributed by atoms with van der Waals surface area (Å²) in [5, 5.41) is 8.68. The van der Waals surface area contributed by atoms with E-state index in [1.807, 2.05) is 0 Å². The lowest BCUT2D eigenvalue weighted by Crippen LogP contribution is -2.43. The lowest BCUT2D eigenvalue weighted by molar-refractivity contribution is -0.141. The first-order valence-electron chi connectivity index (χ1n) is 13.5. The van der Waals surface area contributed by atoms with Gasteiger partial charge in [-0.3, -0.25) is 14.5 Å². The molecular formula is C30H31F3N6O3. The highest BCUT2D eigenvalue weighted by Crippen LogP contribution is 2.29. The molecule has 5 N–H and O–H groups in total. The number of nitrogen functional groups attached to an aromatic ring is 1. The van der Waals surface area contributed by atoms with Crippen molar-refractivity contribution in [3.63, 3.8) is 0 Å². The zero-order valence-electron chi connectivity index (χ0n) is 22.6. The maximum atomic E-state index is 13.3. The van der Waals surface area contributed by atoms with Crippen LogP contribution in [-0.4, -0.2) is 60.1 Å². The van der Waals surface area contributed by atoms with Gasteiger partial charge in [0, 0.05) is 31.8 Å². The predicted octanol–water partition coefficient (Wildman–Crippen LogP) is 4.08. The highest BCUT2D eigenvalue weighted by molar-refractivity contribution is 6.03. The number of carbonyl (C=O) groups excluding carboxylic acids is 2. The third-order valence-electron chi connectivity index (χ3n) is 7.26. The third kappa shape index (κ3) is 7.32. The van der Waals surface area contributed by atoms with Gasteiger partial charge in [-0.1, -0.05) is 36.4 Å². The van der Waals surface area contributed by atoms with Crippen LogP contribution in [0.25, 0.3) is 6.08 Å². The summed E-state index contributed by atoms with van der Waals surface area (Å²) in [7, 11) is 0. The van der Waals surface area contributed by atoms with Crippen molar-refractivity contribution in [2.24, 2.45) is 0 Å². The fourth-order valence-electron chi connectivity index (χ4n) is 5.07. The van der Waals surface area contributed by atoms with Gasteiger partial charge in [0.15, 0.2) is 0 Å². The molecule has 0 spiro atoms. The molecule has 2 bridgehead atoms. The number of amides is 2. The highest BCUT2D eigenvalue weighted by Gasteiger charge is 2.38. The number of benzene rings is 2. The van der Waals surface area contributed by atoms with Gasteiger partial charge in [-0.15, -0.1) is 0 Å². The van der Waals surface area contributed by atoms with Crippen molar-refractivity contribution in [3.05, 3.63) is 89.8 Å². The fraction of sp³-hybridized carbons (Fsp3) is 0.300. The second-order valence-corrected chi connectivity index (χ2v) is 10.2. The van der Waals surface area contributed by atoms with Crippen molar-refractivity contribution in [2.75, 3.05) is 42.6 Å². The Kier molecular flexibility index (Phi) is 8.86. The van der Waals surface area contributed by atoms with Crippen LogP contribution >= 0.6 is 0 Å². The van der Waals surface area contributed by atoms with E-state index in [4.69, 9.17) is 10.5 Å². The molecule has 12 heteroatoms. The number of pyridine rings is 1. The SMILES string of the molecule is Nc1ccccc1NC(=O)/C=C/c1ccc(C(NCCN2C[C@@H]3C[C@H]2CO3)C(=O)Nc2ccc(C(F)(F)F)nc2)cc1. The number of aromatic nitrogens is 1. The van der Waals surface area contributed by atoms with Crippen molar-refractivity contribution in [2.45, 2.75) is 30.8 Å². The van der Waals surface area contributed by atoms with E-state index in [0.29, 0.717) is 36.1 Å². The Morgan fingerprint density at radius 1 is 1.10 bits per heavy atom. The molecule has 3 atom stereocenters. The summed E-state index contributed by atoms with van der Waals surface area (Å²) in [6.07, 6.45) is 0.707. The summed E-state index contributed by atoms with van der Waals surface area (Å²) in [4.78, 5) is 31.4. The van der Waals surface area contributed by atoms with Gasteiger partial charge < -0.3 is 26.4 Å². The molecule has 2 aliphatic rings. The number of morpholine rings is 1. The molecule has 2 fully saturated rings. The minimum absolute atomic E-state index is 0.151. The normalized spacial score (nSPS) is 19.2. The van der Waals surface area contributed by atoms with Crippen molar-refractivity contribution in [1.29, 1.82) is 0 Å². The summed E-state index contributed by atoms with van der Waals surface area (Å²) in [6.45, 7) is 2.79. The number of nitrogens with two attached hydrogens (primary N) is 1. The number of rotatable bonds is 10. The molecule has 3 heterocycles. The Hall–Kier alpha value is -4.26. The summed E-state index contributed by atoms with van der Waals surface area (Å²) in [6, 6.07) is 15.6. The Morgan fingerprint density at radius 2 is 1.88 bits per heavy atom. The van der Waals surface area contributed by atoms with Gasteiger partial charge >= 0.3 is 6.18 Å². The first-order valence-corrected chi connectivity index (χ1v) is 13.5. The number of anilines is 3. The van der Waals surface area contributed by atoms with Crippen LogP contribution in [0.1, 0.15) is 29.3 Å². The van der Waals surface area contributed by atoms with Crippen molar-refractivity contribution >= 4 is 35.0 Å². The molecule has 5 rings (SSSR count). The van der Waals surface area contributed by atoms with Gasteiger partial charge in [0.25, 0.3) is 0 Å². The van der Waals surface area contributed by atoms with E-state index in [1.54, 1.807) is 54.6 Å². The van der Waals surface area contributed by atoms with Crippen molar-refractivity contribution in [1.82, 2.24) is 15.2 Å². The number of nitrogens with one attached hydrogen (secondary N) is 3. The van der Waals surface area contributed by atoms with Crippen LogP contribution < -0.4 is 21.7 Å². The van der Waals surface area contributed by atoms with Gasteiger partial charge in [0.1, 0.15) is 11.7 Å². The van der Waals surface area contributed by atoms with E-state index in [9.17, 15) is 22.8 Å². The summed E-state index contributed by atoms with van der Waals surface area (Å²) >= 11 is 0. The van der Waals surface area contributed by atoms with E-state index >= 15 is 0 Å². The van der Waals surface area contributed by atoms with E-state index in [1.165, 1.54) is 12.1 Å². The number of alkyl halides is 3. The highest BCUT2D eigenvalue weighted by atomic mass is 19.4. The topological polar surface area (TPSA) is 122 Å². The molecule has 42 heavy (non-hydrogen) atoms. The van der Waals surface area contributed by atoms with Crippen LogP contribution in [-0.2, 0) is 20.5 Å². The Balaban J connectivity index is 1.25. The molecule has 2 saturated heterocycles. The number of likely N-dealkylation sites (tertiary alicyclic amines) is 1. The number of hydrogen-bond donors (Lipinski definition) is 4. The molecule has 2 aromatic carbocycles. The summed E-state index contributed by atoms with van der Waals surface area (Å²) < 4.78 is 44.3. The van der Waals surface area contributed by atoms with Crippen LogP contribution in [0.4, 0.5) is 30.2 Å². The molecule has 2 aliphatic heterocycles. The molecule has 1 unspecified atom stereocenters. The fourth-order valence-corrected chi connectivity index (χ4v) is 5.07. The number of fused-ring (bicyclic) bond motifs is 2. The van der Waals surface area contributed by atoms with E-state index in [0.717, 1.165) is 37.3 Å². The first kappa shape index (κ1) is 29.2. The van der Waals surface area contributed by atoms with Gasteiger partial charge in [0.05, 0.1) is 36.0 Å². The van der Waals surface area contributed by atoms with Gasteiger partial charge in [-0.05, 0) is 47.9 Å². The monoisotopic (exact) mass is 580 g/mol. The molecule has 0 saturated carbocycles. The third-order valence-corrected chi connectivity index (χ3v) is 7.26. The minimum Gasteiger partial charge on any atom is -0.397 e. The Labute approximate surface area is 240 Å². The minimum atomic E-state index is -4.57. The summed E-state index contributed by atoms with van der Waals surface area (Å²) in [5.41, 5.74) is 7.33. The molecule has 3 aromatic rings. The van der Waals surface area contributed by atoms with Crippen LogP contribution in [0.3, 0.4) is 0 Å². The second-order valence-electron chi connectivity index (χ2n) is 10.2. The van der Waals surface area contributed by atoms with Gasteiger partial charge in [-0.25, -0.2) is 4.98 Å². The zero-order chi connectivity index (χ0) is 29.7. The number of ether oxygens (including phenoxy) is 1. The number of halogens is 3. The molecule has 0 aliphatic carbocycles. The van der Waals surface area contributed by atoms with Gasteiger partial charge in [0.2, 0.25) is 11.8 Å². The second kappa shape index (κ2) is 12.7. The predicted molar refractivity (Wildman–Crippen MR) is 153 cm³/mol. The maximum Gasteiger partial charge on any atom is 0.433 e. The standard InChI is InChI=1S/C30H31F3N6O3/c31-30(32,33)26-11-10-21(16-36-26)37-29(41)28(35-13-14-39-17-23-15-22(39)18-42-23)20-8-5-19(6-9-20)7-12-27(40)38-25-4-2-1-3-24(25)34/h1-12,16,22-23,28,35H,13-15,17-18,34H2,(H,37,41)(H,38,40)/b12-7+/t22-,23-,28?/m0/s1. The van der Waals surface area contributed by atoms with Crippen LogP contribution in [0.2, 0.25) is 0 Å². The van der Waals surface area contributed by atoms with Crippen LogP contribution in [0.15, 0.2) is 72.9 Å². The molecular weight excluding hydrogens is 549 g/mol. The molecule has 9 nitrogen and oxygen atoms in total. The number of carbonyl (C=O) groups is 2. The quantitative estimate of drug-likeness (QED) is 0.211. The molecule has 0 radical (unpaired) electrons. The first-order chi connectivity index (χ1) is 20.2. The van der Waals surface area contributed by atoms with Gasteiger partial charge in [-0.2, -0.15) is 13.2 Å². The lowest BCUT2D eigenvalue weighted by atomic mass is 10.0. The molecule has 2 amide bonds. The van der Waals surface area contributed by atoms with E-state index < -0.39 is 23.8 Å². The Bertz CT molecular complexity index is 1430. The van der Waals surface area contributed by atoms with Crippen molar-refractivity contribution < 1.29 is 27.5 Å². The van der Waals surface area contributed by atoms with E-state index in [-0.39, 0.29) is 17.7 Å². The van der Waals surface area contributed by atoms with Crippen molar-refractivity contribution in [3.8, 4) is 0 Å². The largest absolute Gasteiger partial charge is 0.433 e. The van der Waals surface area contributed by atoms with Crippen LogP contribution in [0, 0.1) is 0 Å². The number of para-hydroxylation sites is 2. The maximum absolute atomic E-state index is 13.3. The lowest BCUT2D eigenvalue weighted by Gasteiger charge is -2.27. The average Bonchev–Trinajstić information content (AvgIpc) is 3.59. The number of nitrogens with zero attached hydrogens (tertiary/aromatic N) is 2. The number of hydrogen-bond acceptors (Lipinski definition) is 7. The molecule has 1 aromatic heterocycles. The molecule has 220 valence electrons. The average molecular weight is 581 g/mol. The zero-order valence-corrected chi connectivity index (χ0v) is 22.6. The van der Waals surface area contributed by atoms with E-state index in [2.05, 4.69) is 25.8 Å².